The first-order valence-corrected chi connectivity index (χ1v) is 12.1. The van der Waals surface area contributed by atoms with Crippen LogP contribution in [0, 0.1) is 6.92 Å². The summed E-state index contributed by atoms with van der Waals surface area (Å²) in [5.41, 5.74) is 2.64. The molecule has 0 saturated carbocycles. The lowest BCUT2D eigenvalue weighted by atomic mass is 10.1. The van der Waals surface area contributed by atoms with Crippen LogP contribution in [0.15, 0.2) is 91.6 Å². The van der Waals surface area contributed by atoms with Crippen LogP contribution < -0.4 is 5.32 Å². The first-order chi connectivity index (χ1) is 14.8. The number of anilines is 1. The molecule has 0 bridgehead atoms. The smallest absolute Gasteiger partial charge is 0.234 e. The number of aryl methyl sites for hydroxylation is 1. The average Bonchev–Trinajstić information content (AvgIpc) is 3.19. The highest BCUT2D eigenvalue weighted by atomic mass is 79.9. The van der Waals surface area contributed by atoms with Gasteiger partial charge in [-0.2, -0.15) is 4.98 Å². The first kappa shape index (κ1) is 21.6. The summed E-state index contributed by atoms with van der Waals surface area (Å²) in [6.45, 7) is 2.38. The van der Waals surface area contributed by atoms with Crippen molar-refractivity contribution in [3.63, 3.8) is 0 Å². The summed E-state index contributed by atoms with van der Waals surface area (Å²) >= 11 is 9.61. The van der Waals surface area contributed by atoms with Crippen LogP contribution in [0.5, 0.6) is 0 Å². The number of rotatable bonds is 6. The molecular weight excluding hydrogens is 500 g/mol. The molecule has 3 aromatic carbocycles. The fraction of sp³-hybridized carbons (Fsp3) is 0.0870. The van der Waals surface area contributed by atoms with Crippen molar-refractivity contribution in [3.8, 4) is 11.5 Å². The van der Waals surface area contributed by atoms with Gasteiger partial charge in [-0.1, -0.05) is 69.5 Å². The maximum Gasteiger partial charge on any atom is 0.234 e. The third-order valence-corrected chi connectivity index (χ3v) is 7.19. The van der Waals surface area contributed by atoms with Crippen molar-refractivity contribution in [2.75, 3.05) is 5.32 Å². The normalized spacial score (nSPS) is 11.5. The summed E-state index contributed by atoms with van der Waals surface area (Å²) in [5.74, 6) is 0.200. The van der Waals surface area contributed by atoms with Crippen LogP contribution in [0.2, 0.25) is 5.02 Å². The van der Waals surface area contributed by atoms with E-state index in [9.17, 15) is 8.42 Å². The van der Waals surface area contributed by atoms with E-state index in [0.717, 1.165) is 15.6 Å². The van der Waals surface area contributed by atoms with Crippen LogP contribution in [0.1, 0.15) is 11.1 Å². The lowest BCUT2D eigenvalue weighted by Gasteiger charge is -2.07. The Morgan fingerprint density at radius 2 is 1.68 bits per heavy atom. The summed E-state index contributed by atoms with van der Waals surface area (Å²) in [6, 6.07) is 21.3. The maximum absolute atomic E-state index is 13.3. The lowest BCUT2D eigenvalue weighted by Crippen LogP contribution is -2.07. The molecule has 0 fully saturated rings. The second kappa shape index (κ2) is 8.86. The van der Waals surface area contributed by atoms with E-state index in [1.54, 1.807) is 36.4 Å². The molecule has 0 amide bonds. The minimum atomic E-state index is -3.93. The number of nitrogens with zero attached hydrogens (tertiary/aromatic N) is 1. The standard InChI is InChI=1S/C23H18BrClN2O3S/c1-15-6-8-16(9-7-15)14-26-22-23(31(28,29)18-12-10-17(24)11-13-18)27-21(30-22)19-4-2-3-5-20(19)25/h2-13,26H,14H2,1H3. The molecule has 1 aromatic heterocycles. The zero-order chi connectivity index (χ0) is 22.0. The summed E-state index contributed by atoms with van der Waals surface area (Å²) in [6.07, 6.45) is 0. The van der Waals surface area contributed by atoms with Gasteiger partial charge in [-0.05, 0) is 48.9 Å². The van der Waals surface area contributed by atoms with E-state index < -0.39 is 9.84 Å². The van der Waals surface area contributed by atoms with Crippen LogP contribution >= 0.6 is 27.5 Å². The highest BCUT2D eigenvalue weighted by Crippen LogP contribution is 2.35. The minimum absolute atomic E-state index is 0.0680. The molecule has 31 heavy (non-hydrogen) atoms. The van der Waals surface area contributed by atoms with E-state index in [1.165, 1.54) is 12.1 Å². The van der Waals surface area contributed by atoms with E-state index in [4.69, 9.17) is 16.0 Å². The minimum Gasteiger partial charge on any atom is -0.419 e. The molecule has 8 heteroatoms. The van der Waals surface area contributed by atoms with Crippen LogP contribution in [0.3, 0.4) is 0 Å². The number of hydrogen-bond acceptors (Lipinski definition) is 5. The molecule has 0 radical (unpaired) electrons. The van der Waals surface area contributed by atoms with Crippen molar-refractivity contribution in [2.45, 2.75) is 23.4 Å². The Bertz CT molecular complexity index is 1320. The average molecular weight is 518 g/mol. The molecule has 1 heterocycles. The highest BCUT2D eigenvalue weighted by molar-refractivity contribution is 9.10. The predicted octanol–water partition coefficient (Wildman–Crippen LogP) is 6.51. The van der Waals surface area contributed by atoms with Gasteiger partial charge >= 0.3 is 0 Å². The third-order valence-electron chi connectivity index (χ3n) is 4.65. The molecule has 1 N–H and O–H groups in total. The van der Waals surface area contributed by atoms with Gasteiger partial charge in [0.1, 0.15) is 0 Å². The number of nitrogens with one attached hydrogen (secondary N) is 1. The van der Waals surface area contributed by atoms with Gasteiger partial charge in [-0.15, -0.1) is 0 Å². The molecule has 0 aliphatic rings. The summed E-state index contributed by atoms with van der Waals surface area (Å²) in [7, 11) is -3.93. The number of sulfone groups is 1. The van der Waals surface area contributed by atoms with Crippen LogP contribution in [0.25, 0.3) is 11.5 Å². The molecular formula is C23H18BrClN2O3S. The Morgan fingerprint density at radius 1 is 1.00 bits per heavy atom. The van der Waals surface area contributed by atoms with Gasteiger partial charge < -0.3 is 9.73 Å². The monoisotopic (exact) mass is 516 g/mol. The van der Waals surface area contributed by atoms with Gasteiger partial charge in [0.25, 0.3) is 0 Å². The molecule has 4 rings (SSSR count). The Hall–Kier alpha value is -2.61. The molecule has 4 aromatic rings. The molecule has 0 saturated heterocycles. The molecule has 158 valence electrons. The topological polar surface area (TPSA) is 72.2 Å². The zero-order valence-corrected chi connectivity index (χ0v) is 19.6. The van der Waals surface area contributed by atoms with Crippen LogP contribution in [-0.4, -0.2) is 13.4 Å². The number of aromatic nitrogens is 1. The largest absolute Gasteiger partial charge is 0.419 e. The number of halogens is 2. The number of hydrogen-bond donors (Lipinski definition) is 1. The number of benzene rings is 3. The van der Waals surface area contributed by atoms with Crippen LogP contribution in [0.4, 0.5) is 5.88 Å². The van der Waals surface area contributed by atoms with Gasteiger partial charge in [-0.25, -0.2) is 8.42 Å². The molecule has 0 atom stereocenters. The Labute approximate surface area is 194 Å². The molecule has 5 nitrogen and oxygen atoms in total. The fourth-order valence-electron chi connectivity index (χ4n) is 2.96. The second-order valence-electron chi connectivity index (χ2n) is 6.93. The molecule has 0 spiro atoms. The van der Waals surface area contributed by atoms with Crippen molar-refractivity contribution >= 4 is 43.3 Å². The zero-order valence-electron chi connectivity index (χ0n) is 16.5. The quantitative estimate of drug-likeness (QED) is 0.316. The van der Waals surface area contributed by atoms with Crippen molar-refractivity contribution in [2.24, 2.45) is 0 Å². The van der Waals surface area contributed by atoms with Crippen molar-refractivity contribution in [3.05, 3.63) is 93.4 Å². The van der Waals surface area contributed by atoms with Crippen LogP contribution in [-0.2, 0) is 16.4 Å². The van der Waals surface area contributed by atoms with E-state index in [2.05, 4.69) is 26.2 Å². The summed E-state index contributed by atoms with van der Waals surface area (Å²) in [5, 5.41) is 3.32. The Morgan fingerprint density at radius 3 is 2.35 bits per heavy atom. The maximum atomic E-state index is 13.3. The second-order valence-corrected chi connectivity index (χ2v) is 10.1. The summed E-state index contributed by atoms with van der Waals surface area (Å²) < 4.78 is 33.3. The molecule has 0 unspecified atom stereocenters. The van der Waals surface area contributed by atoms with E-state index >= 15 is 0 Å². The highest BCUT2D eigenvalue weighted by Gasteiger charge is 2.29. The summed E-state index contributed by atoms with van der Waals surface area (Å²) in [4.78, 5) is 4.44. The molecule has 0 aliphatic carbocycles. The van der Waals surface area contributed by atoms with Gasteiger partial charge in [0.05, 0.1) is 15.5 Å². The SMILES string of the molecule is Cc1ccc(CNc2oc(-c3ccccc3Cl)nc2S(=O)(=O)c2ccc(Br)cc2)cc1. The van der Waals surface area contributed by atoms with E-state index in [1.807, 2.05) is 31.2 Å². The first-order valence-electron chi connectivity index (χ1n) is 9.40. The van der Waals surface area contributed by atoms with E-state index in [-0.39, 0.29) is 21.7 Å². The number of oxazole rings is 1. The Balaban J connectivity index is 1.77. The van der Waals surface area contributed by atoms with Crippen molar-refractivity contribution in [1.82, 2.24) is 4.98 Å². The van der Waals surface area contributed by atoms with E-state index in [0.29, 0.717) is 17.1 Å². The van der Waals surface area contributed by atoms with Gasteiger partial charge in [0, 0.05) is 11.0 Å². The third kappa shape index (κ3) is 4.69. The molecule has 0 aliphatic heterocycles. The lowest BCUT2D eigenvalue weighted by molar-refractivity contribution is 0.577. The predicted molar refractivity (Wildman–Crippen MR) is 125 cm³/mol. The Kier molecular flexibility index (Phi) is 6.18. The van der Waals surface area contributed by atoms with Gasteiger partial charge in [0.2, 0.25) is 26.6 Å². The van der Waals surface area contributed by atoms with Crippen molar-refractivity contribution < 1.29 is 12.8 Å². The van der Waals surface area contributed by atoms with Crippen molar-refractivity contribution in [1.29, 1.82) is 0 Å². The van der Waals surface area contributed by atoms with Gasteiger partial charge in [-0.3, -0.25) is 0 Å². The fourth-order valence-corrected chi connectivity index (χ4v) is 4.72. The van der Waals surface area contributed by atoms with Gasteiger partial charge in [0.15, 0.2) is 0 Å².